The van der Waals surface area contributed by atoms with Crippen molar-refractivity contribution < 1.29 is 0 Å². The van der Waals surface area contributed by atoms with Gasteiger partial charge in [0.1, 0.15) is 0 Å². The van der Waals surface area contributed by atoms with E-state index in [0.29, 0.717) is 6.04 Å². The minimum absolute atomic E-state index is 0.494. The Labute approximate surface area is 110 Å². The molecular weight excluding hydrogens is 232 g/mol. The largest absolute Gasteiger partial charge is 0.309 e. The van der Waals surface area contributed by atoms with Crippen LogP contribution in [0.2, 0.25) is 5.02 Å². The molecule has 0 radical (unpaired) electrons. The third-order valence-electron chi connectivity index (χ3n) is 2.97. The number of likely N-dealkylation sites (N-methyl/N-ethyl adjacent to an activating group) is 1. The van der Waals surface area contributed by atoms with Crippen LogP contribution in [-0.4, -0.2) is 30.6 Å². The third-order valence-corrected chi connectivity index (χ3v) is 3.21. The van der Waals surface area contributed by atoms with E-state index in [0.717, 1.165) is 31.2 Å². The molecule has 0 fully saturated rings. The minimum atomic E-state index is 0.494. The van der Waals surface area contributed by atoms with E-state index < -0.39 is 0 Å². The summed E-state index contributed by atoms with van der Waals surface area (Å²) in [5.74, 6) is 0. The van der Waals surface area contributed by atoms with Crippen molar-refractivity contribution in [3.8, 4) is 0 Å². The van der Waals surface area contributed by atoms with Gasteiger partial charge >= 0.3 is 0 Å². The molecule has 0 aliphatic heterocycles. The molecule has 3 heteroatoms. The Balaban J connectivity index is 2.35. The van der Waals surface area contributed by atoms with Crippen LogP contribution < -0.4 is 5.32 Å². The zero-order chi connectivity index (χ0) is 12.7. The van der Waals surface area contributed by atoms with Crippen LogP contribution in [0.15, 0.2) is 24.3 Å². The van der Waals surface area contributed by atoms with E-state index in [4.69, 9.17) is 11.6 Å². The fraction of sp³-hybridized carbons (Fsp3) is 0.571. The molecule has 1 unspecified atom stereocenters. The first kappa shape index (κ1) is 14.5. The lowest BCUT2D eigenvalue weighted by atomic mass is 10.2. The third kappa shape index (κ3) is 5.53. The molecule has 0 amide bonds. The Morgan fingerprint density at radius 2 is 2.00 bits per heavy atom. The Morgan fingerprint density at radius 3 is 2.59 bits per heavy atom. The van der Waals surface area contributed by atoms with Crippen molar-refractivity contribution in [2.24, 2.45) is 0 Å². The van der Waals surface area contributed by atoms with Crippen LogP contribution in [0.1, 0.15) is 26.3 Å². The van der Waals surface area contributed by atoms with E-state index in [1.807, 2.05) is 18.2 Å². The molecule has 0 saturated carbocycles. The lowest BCUT2D eigenvalue weighted by Gasteiger charge is -2.23. The van der Waals surface area contributed by atoms with E-state index in [2.05, 4.69) is 37.1 Å². The zero-order valence-corrected chi connectivity index (χ0v) is 11.8. The van der Waals surface area contributed by atoms with E-state index >= 15 is 0 Å². The average Bonchev–Trinajstić information content (AvgIpc) is 2.33. The summed E-state index contributed by atoms with van der Waals surface area (Å²) in [5.41, 5.74) is 1.24. The van der Waals surface area contributed by atoms with Gasteiger partial charge in [-0.3, -0.25) is 0 Å². The Hall–Kier alpha value is -0.570. The molecule has 17 heavy (non-hydrogen) atoms. The predicted octanol–water partition coefficient (Wildman–Crippen LogP) is 3.16. The van der Waals surface area contributed by atoms with Crippen molar-refractivity contribution >= 4 is 11.6 Å². The number of hydrogen-bond donors (Lipinski definition) is 1. The van der Waals surface area contributed by atoms with Gasteiger partial charge in [-0.1, -0.05) is 37.6 Å². The zero-order valence-electron chi connectivity index (χ0n) is 11.0. The number of hydrogen-bond acceptors (Lipinski definition) is 2. The summed E-state index contributed by atoms with van der Waals surface area (Å²) in [6.07, 6.45) is 0. The molecule has 1 aromatic carbocycles. The minimum Gasteiger partial charge on any atom is -0.309 e. The number of nitrogens with one attached hydrogen (secondary N) is 1. The summed E-state index contributed by atoms with van der Waals surface area (Å²) in [5, 5.41) is 4.33. The van der Waals surface area contributed by atoms with Gasteiger partial charge in [-0.25, -0.2) is 0 Å². The number of nitrogens with zero attached hydrogens (tertiary/aromatic N) is 1. The molecule has 0 saturated heterocycles. The van der Waals surface area contributed by atoms with Gasteiger partial charge in [0.2, 0.25) is 0 Å². The lowest BCUT2D eigenvalue weighted by molar-refractivity contribution is 0.270. The van der Waals surface area contributed by atoms with E-state index in [1.54, 1.807) is 0 Å². The molecule has 0 aromatic heterocycles. The van der Waals surface area contributed by atoms with Crippen LogP contribution >= 0.6 is 11.6 Å². The first-order chi connectivity index (χ1) is 8.15. The van der Waals surface area contributed by atoms with Gasteiger partial charge in [0.25, 0.3) is 0 Å². The molecule has 96 valence electrons. The van der Waals surface area contributed by atoms with Crippen molar-refractivity contribution in [2.75, 3.05) is 19.6 Å². The lowest BCUT2D eigenvalue weighted by Crippen LogP contribution is -2.38. The maximum atomic E-state index is 5.95. The summed E-state index contributed by atoms with van der Waals surface area (Å²) in [4.78, 5) is 2.43. The summed E-state index contributed by atoms with van der Waals surface area (Å²) >= 11 is 5.95. The highest BCUT2D eigenvalue weighted by atomic mass is 35.5. The maximum absolute atomic E-state index is 5.95. The quantitative estimate of drug-likeness (QED) is 0.804. The van der Waals surface area contributed by atoms with Crippen molar-refractivity contribution in [1.29, 1.82) is 0 Å². The van der Waals surface area contributed by atoms with Crippen LogP contribution in [0.3, 0.4) is 0 Å². The Morgan fingerprint density at radius 1 is 1.29 bits per heavy atom. The topological polar surface area (TPSA) is 15.3 Å². The Kier molecular flexibility index (Phi) is 6.56. The summed E-state index contributed by atoms with van der Waals surface area (Å²) in [6, 6.07) is 8.51. The maximum Gasteiger partial charge on any atom is 0.0409 e. The van der Waals surface area contributed by atoms with Crippen molar-refractivity contribution in [3.63, 3.8) is 0 Å². The van der Waals surface area contributed by atoms with Gasteiger partial charge < -0.3 is 10.2 Å². The summed E-state index contributed by atoms with van der Waals surface area (Å²) in [6.45, 7) is 10.8. The van der Waals surface area contributed by atoms with Crippen LogP contribution in [0, 0.1) is 0 Å². The fourth-order valence-electron chi connectivity index (χ4n) is 1.87. The summed E-state index contributed by atoms with van der Waals surface area (Å²) in [7, 11) is 0. The Bertz CT molecular complexity index is 324. The first-order valence-electron chi connectivity index (χ1n) is 6.35. The molecule has 1 rings (SSSR count). The normalized spacial score (nSPS) is 13.0. The molecule has 0 aliphatic carbocycles. The fourth-order valence-corrected chi connectivity index (χ4v) is 2.09. The highest BCUT2D eigenvalue weighted by Crippen LogP contribution is 2.10. The van der Waals surface area contributed by atoms with E-state index in [-0.39, 0.29) is 0 Å². The molecule has 1 aromatic rings. The van der Waals surface area contributed by atoms with Crippen molar-refractivity contribution in [2.45, 2.75) is 33.4 Å². The SMILES string of the molecule is CCN(CC)CC(C)NCc1cccc(Cl)c1. The molecule has 0 bridgehead atoms. The molecule has 2 nitrogen and oxygen atoms in total. The van der Waals surface area contributed by atoms with Crippen LogP contribution in [0.5, 0.6) is 0 Å². The van der Waals surface area contributed by atoms with Gasteiger partial charge in [-0.15, -0.1) is 0 Å². The standard InChI is InChI=1S/C14H23ClN2/c1-4-17(5-2)11-12(3)16-10-13-7-6-8-14(15)9-13/h6-9,12,16H,4-5,10-11H2,1-3H3. The first-order valence-corrected chi connectivity index (χ1v) is 6.73. The second-order valence-corrected chi connectivity index (χ2v) is 4.83. The average molecular weight is 255 g/mol. The monoisotopic (exact) mass is 254 g/mol. The van der Waals surface area contributed by atoms with E-state index in [9.17, 15) is 0 Å². The second-order valence-electron chi connectivity index (χ2n) is 4.40. The molecule has 1 atom stereocenters. The van der Waals surface area contributed by atoms with E-state index in [1.165, 1.54) is 5.56 Å². The molecule has 0 aliphatic rings. The van der Waals surface area contributed by atoms with Crippen LogP contribution in [-0.2, 0) is 6.54 Å². The van der Waals surface area contributed by atoms with Gasteiger partial charge in [0.15, 0.2) is 0 Å². The molecule has 0 spiro atoms. The highest BCUT2D eigenvalue weighted by Gasteiger charge is 2.06. The van der Waals surface area contributed by atoms with Gasteiger partial charge in [0.05, 0.1) is 0 Å². The van der Waals surface area contributed by atoms with Crippen LogP contribution in [0.25, 0.3) is 0 Å². The second kappa shape index (κ2) is 7.70. The van der Waals surface area contributed by atoms with Gasteiger partial charge in [-0.2, -0.15) is 0 Å². The molecule has 0 heterocycles. The molecular formula is C14H23ClN2. The number of halogens is 1. The van der Waals surface area contributed by atoms with Gasteiger partial charge in [-0.05, 0) is 37.7 Å². The molecule has 1 N–H and O–H groups in total. The highest BCUT2D eigenvalue weighted by molar-refractivity contribution is 6.30. The van der Waals surface area contributed by atoms with Crippen LogP contribution in [0.4, 0.5) is 0 Å². The summed E-state index contributed by atoms with van der Waals surface area (Å²) < 4.78 is 0. The number of benzene rings is 1. The van der Waals surface area contributed by atoms with Crippen molar-refractivity contribution in [3.05, 3.63) is 34.9 Å². The smallest absolute Gasteiger partial charge is 0.0409 e. The number of rotatable bonds is 7. The van der Waals surface area contributed by atoms with Crippen molar-refractivity contribution in [1.82, 2.24) is 10.2 Å². The van der Waals surface area contributed by atoms with Gasteiger partial charge in [0, 0.05) is 24.2 Å². The predicted molar refractivity (Wildman–Crippen MR) is 75.5 cm³/mol.